The van der Waals surface area contributed by atoms with Crippen LogP contribution in [-0.4, -0.2) is 15.0 Å². The van der Waals surface area contributed by atoms with Crippen LogP contribution in [0.5, 0.6) is 0 Å². The third kappa shape index (κ3) is 3.01. The number of halogens is 3. The molecule has 0 spiro atoms. The van der Waals surface area contributed by atoms with Gasteiger partial charge in [-0.15, -0.1) is 0 Å². The van der Waals surface area contributed by atoms with Crippen molar-refractivity contribution in [3.05, 3.63) is 78.8 Å². The van der Waals surface area contributed by atoms with Gasteiger partial charge in [0, 0.05) is 29.7 Å². The lowest BCUT2D eigenvalue weighted by Gasteiger charge is -2.12. The summed E-state index contributed by atoms with van der Waals surface area (Å²) >= 11 is 0. The topological polar surface area (TPSA) is 38.7 Å². The Morgan fingerprint density at radius 2 is 1.46 bits per heavy atom. The molecule has 0 aliphatic carbocycles. The van der Waals surface area contributed by atoms with Crippen molar-refractivity contribution in [3.63, 3.8) is 0 Å². The molecule has 2 aromatic heterocycles. The molecule has 2 aromatic carbocycles. The number of fused-ring (bicyclic) bond motifs is 1. The molecule has 0 amide bonds. The number of rotatable bonds is 2. The van der Waals surface area contributed by atoms with E-state index in [0.717, 1.165) is 28.8 Å². The predicted molar refractivity (Wildman–Crippen MR) is 93.2 cm³/mol. The van der Waals surface area contributed by atoms with Crippen LogP contribution in [0.2, 0.25) is 0 Å². The van der Waals surface area contributed by atoms with Crippen molar-refractivity contribution in [3.8, 4) is 22.4 Å². The van der Waals surface area contributed by atoms with Crippen molar-refractivity contribution in [2.45, 2.75) is 6.18 Å². The van der Waals surface area contributed by atoms with Gasteiger partial charge in [0.05, 0.1) is 22.3 Å². The van der Waals surface area contributed by atoms with Gasteiger partial charge in [0.2, 0.25) is 0 Å². The molecule has 4 aromatic rings. The van der Waals surface area contributed by atoms with Crippen LogP contribution in [0.25, 0.3) is 33.4 Å². The van der Waals surface area contributed by atoms with Crippen molar-refractivity contribution in [1.29, 1.82) is 0 Å². The summed E-state index contributed by atoms with van der Waals surface area (Å²) < 4.78 is 39.1. The molecule has 0 fully saturated rings. The smallest absolute Gasteiger partial charge is 0.256 e. The van der Waals surface area contributed by atoms with Crippen LogP contribution in [0.15, 0.2) is 73.2 Å². The molecule has 0 bridgehead atoms. The minimum absolute atomic E-state index is 0.412. The zero-order valence-corrected chi connectivity index (χ0v) is 13.4. The summed E-state index contributed by atoms with van der Waals surface area (Å²) in [7, 11) is 0. The molecule has 128 valence electrons. The van der Waals surface area contributed by atoms with E-state index < -0.39 is 11.7 Å². The van der Waals surface area contributed by atoms with Gasteiger partial charge >= 0.3 is 6.18 Å². The zero-order chi connectivity index (χ0) is 18.1. The van der Waals surface area contributed by atoms with Crippen molar-refractivity contribution in [1.82, 2.24) is 15.0 Å². The summed E-state index contributed by atoms with van der Waals surface area (Å²) in [5, 5.41) is 0. The van der Waals surface area contributed by atoms with Crippen LogP contribution in [0.3, 0.4) is 0 Å². The highest BCUT2D eigenvalue weighted by Crippen LogP contribution is 2.35. The fourth-order valence-electron chi connectivity index (χ4n) is 2.84. The molecule has 0 aliphatic heterocycles. The highest BCUT2D eigenvalue weighted by molar-refractivity contribution is 5.86. The van der Waals surface area contributed by atoms with E-state index in [2.05, 4.69) is 15.0 Å². The Morgan fingerprint density at radius 3 is 2.27 bits per heavy atom. The number of aromatic nitrogens is 3. The van der Waals surface area contributed by atoms with Gasteiger partial charge in [-0.1, -0.05) is 24.3 Å². The van der Waals surface area contributed by atoms with Crippen LogP contribution >= 0.6 is 0 Å². The molecule has 0 saturated heterocycles. The van der Waals surface area contributed by atoms with Gasteiger partial charge in [0.15, 0.2) is 0 Å². The highest BCUT2D eigenvalue weighted by atomic mass is 19.4. The number of hydrogen-bond donors (Lipinski definition) is 0. The van der Waals surface area contributed by atoms with E-state index in [-0.39, 0.29) is 0 Å². The first-order valence-electron chi connectivity index (χ1n) is 7.86. The lowest BCUT2D eigenvalue weighted by atomic mass is 9.98. The Hall–Kier alpha value is -3.28. The fraction of sp³-hybridized carbons (Fsp3) is 0.0500. The van der Waals surface area contributed by atoms with Gasteiger partial charge in [-0.3, -0.25) is 15.0 Å². The van der Waals surface area contributed by atoms with Crippen LogP contribution in [0.1, 0.15) is 5.56 Å². The Labute approximate surface area is 147 Å². The summed E-state index contributed by atoms with van der Waals surface area (Å²) in [5.74, 6) is 0. The SMILES string of the molecule is FC(F)(F)c1cccc(-c2ncccc2-c2ccc3nccnc3c2)c1. The van der Waals surface area contributed by atoms with Crippen LogP contribution in [-0.2, 0) is 6.18 Å². The number of pyridine rings is 1. The van der Waals surface area contributed by atoms with Gasteiger partial charge in [-0.25, -0.2) is 0 Å². The fourth-order valence-corrected chi connectivity index (χ4v) is 2.84. The second kappa shape index (κ2) is 6.22. The van der Waals surface area contributed by atoms with Crippen LogP contribution in [0, 0.1) is 0 Å². The molecular weight excluding hydrogens is 339 g/mol. The molecule has 6 heteroatoms. The third-order valence-electron chi connectivity index (χ3n) is 4.05. The largest absolute Gasteiger partial charge is 0.416 e. The average Bonchev–Trinajstić information content (AvgIpc) is 2.67. The second-order valence-electron chi connectivity index (χ2n) is 5.74. The summed E-state index contributed by atoms with van der Waals surface area (Å²) in [6.45, 7) is 0. The predicted octanol–water partition coefficient (Wildman–Crippen LogP) is 5.38. The van der Waals surface area contributed by atoms with Gasteiger partial charge in [0.25, 0.3) is 0 Å². The van der Waals surface area contributed by atoms with Crippen molar-refractivity contribution in [2.24, 2.45) is 0 Å². The maximum atomic E-state index is 13.0. The standard InChI is InChI=1S/C20H12F3N3/c21-20(22,23)15-4-1-3-14(11-15)19-16(5-2-8-26-19)13-6-7-17-18(12-13)25-10-9-24-17/h1-12H. The maximum absolute atomic E-state index is 13.0. The summed E-state index contributed by atoms with van der Waals surface area (Å²) in [5.41, 5.74) is 3.22. The van der Waals surface area contributed by atoms with Crippen molar-refractivity contribution < 1.29 is 13.2 Å². The molecule has 0 atom stereocenters. The first-order valence-corrected chi connectivity index (χ1v) is 7.86. The van der Waals surface area contributed by atoms with Crippen molar-refractivity contribution in [2.75, 3.05) is 0 Å². The van der Waals surface area contributed by atoms with Crippen LogP contribution < -0.4 is 0 Å². The van der Waals surface area contributed by atoms with Crippen LogP contribution in [0.4, 0.5) is 13.2 Å². The molecule has 0 radical (unpaired) electrons. The average molecular weight is 351 g/mol. The number of alkyl halides is 3. The third-order valence-corrected chi connectivity index (χ3v) is 4.05. The first kappa shape index (κ1) is 16.2. The minimum Gasteiger partial charge on any atom is -0.256 e. The van der Waals surface area contributed by atoms with Crippen molar-refractivity contribution >= 4 is 11.0 Å². The Morgan fingerprint density at radius 1 is 0.654 bits per heavy atom. The van der Waals surface area contributed by atoms with E-state index in [9.17, 15) is 13.2 Å². The Kier molecular flexibility index (Phi) is 3.88. The van der Waals surface area contributed by atoms with E-state index in [4.69, 9.17) is 0 Å². The molecule has 0 N–H and O–H groups in total. The summed E-state index contributed by atoms with van der Waals surface area (Å²) in [6, 6.07) is 14.3. The molecule has 26 heavy (non-hydrogen) atoms. The number of nitrogens with zero attached hydrogens (tertiary/aromatic N) is 3. The zero-order valence-electron chi connectivity index (χ0n) is 13.4. The monoisotopic (exact) mass is 351 g/mol. The summed E-state index contributed by atoms with van der Waals surface area (Å²) in [6.07, 6.45) is 0.382. The number of benzene rings is 2. The quantitative estimate of drug-likeness (QED) is 0.487. The van der Waals surface area contributed by atoms with Gasteiger partial charge in [-0.05, 0) is 35.9 Å². The van der Waals surface area contributed by atoms with Gasteiger partial charge in [0.1, 0.15) is 0 Å². The Bertz CT molecular complexity index is 1090. The number of hydrogen-bond acceptors (Lipinski definition) is 3. The molecular formula is C20H12F3N3. The molecule has 0 saturated carbocycles. The first-order chi connectivity index (χ1) is 12.5. The lowest BCUT2D eigenvalue weighted by molar-refractivity contribution is -0.137. The maximum Gasteiger partial charge on any atom is 0.416 e. The van der Waals surface area contributed by atoms with E-state index in [1.54, 1.807) is 30.7 Å². The van der Waals surface area contributed by atoms with Gasteiger partial charge < -0.3 is 0 Å². The van der Waals surface area contributed by atoms with E-state index in [0.29, 0.717) is 16.8 Å². The highest BCUT2D eigenvalue weighted by Gasteiger charge is 2.30. The minimum atomic E-state index is -4.40. The van der Waals surface area contributed by atoms with E-state index in [1.807, 2.05) is 24.3 Å². The molecule has 0 unspecified atom stereocenters. The van der Waals surface area contributed by atoms with E-state index >= 15 is 0 Å². The second-order valence-corrected chi connectivity index (χ2v) is 5.74. The summed E-state index contributed by atoms with van der Waals surface area (Å²) in [4.78, 5) is 12.8. The van der Waals surface area contributed by atoms with Gasteiger partial charge in [-0.2, -0.15) is 13.2 Å². The molecule has 4 rings (SSSR count). The normalized spacial score (nSPS) is 11.7. The van der Waals surface area contributed by atoms with E-state index in [1.165, 1.54) is 6.07 Å². The Balaban J connectivity index is 1.87. The molecule has 2 heterocycles. The molecule has 0 aliphatic rings. The molecule has 3 nitrogen and oxygen atoms in total. The lowest BCUT2D eigenvalue weighted by Crippen LogP contribution is -2.04.